The number of hydrogen-bond acceptors (Lipinski definition) is 4. The van der Waals surface area contributed by atoms with E-state index in [1.807, 2.05) is 4.39 Å². The lowest BCUT2D eigenvalue weighted by Gasteiger charge is -1.75. The van der Waals surface area contributed by atoms with Crippen molar-refractivity contribution in [2.75, 3.05) is 0 Å². The lowest BCUT2D eigenvalue weighted by molar-refractivity contribution is -0.0441. The van der Waals surface area contributed by atoms with E-state index in [4.69, 9.17) is 22.8 Å². The van der Waals surface area contributed by atoms with Crippen LogP contribution in [0.5, 0.6) is 0 Å². The van der Waals surface area contributed by atoms with Gasteiger partial charge in [-0.15, -0.1) is 0 Å². The Labute approximate surface area is 43.3 Å². The van der Waals surface area contributed by atoms with Crippen LogP contribution < -0.4 is 0 Å². The van der Waals surface area contributed by atoms with Crippen molar-refractivity contribution in [3.8, 4) is 0 Å². The van der Waals surface area contributed by atoms with E-state index >= 15 is 0 Å². The summed E-state index contributed by atoms with van der Waals surface area (Å²) in [6.45, 7) is 0. The van der Waals surface area contributed by atoms with Crippen LogP contribution in [-0.2, 0) is 14.8 Å². The van der Waals surface area contributed by atoms with Gasteiger partial charge in [0.05, 0.1) is 0 Å². The Morgan fingerprint density at radius 2 is 1.50 bits per heavy atom. The van der Waals surface area contributed by atoms with Crippen LogP contribution in [-0.4, -0.2) is 18.3 Å². The largest absolute Gasteiger partial charge is 0.428 e. The van der Waals surface area contributed by atoms with Gasteiger partial charge >= 0.3 is 10.4 Å². The standard InChI is InChI=1S/FHO4S.FHO/c1-5-6(2,3)4;1-2/h(H,2,3,4);2H. The molecule has 0 atom stereocenters. The Morgan fingerprint density at radius 3 is 1.50 bits per heavy atom. The molecule has 0 aromatic carbocycles. The Balaban J connectivity index is 0. The first-order valence-corrected chi connectivity index (χ1v) is 2.37. The summed E-state index contributed by atoms with van der Waals surface area (Å²) in [5, 5.41) is 5.50. The van der Waals surface area contributed by atoms with E-state index < -0.39 is 10.4 Å². The first-order chi connectivity index (χ1) is 3.56. The molecule has 0 fully saturated rings. The molecule has 0 aliphatic heterocycles. The smallest absolute Gasteiger partial charge is 0.262 e. The summed E-state index contributed by atoms with van der Waals surface area (Å²) in [7, 11) is -4.83. The maximum absolute atomic E-state index is 10.2. The topological polar surface area (TPSA) is 83.8 Å². The van der Waals surface area contributed by atoms with E-state index in [-0.39, 0.29) is 0 Å². The van der Waals surface area contributed by atoms with Crippen molar-refractivity contribution in [2.45, 2.75) is 0 Å². The minimum Gasteiger partial charge on any atom is -0.262 e. The number of rotatable bonds is 1. The predicted molar refractivity (Wildman–Crippen MR) is 17.1 cm³/mol. The van der Waals surface area contributed by atoms with E-state index in [0.29, 0.717) is 0 Å². The van der Waals surface area contributed by atoms with Crippen LogP contribution in [0.3, 0.4) is 0 Å². The fourth-order valence-electron chi connectivity index (χ4n) is 0. The van der Waals surface area contributed by atoms with Crippen molar-refractivity contribution < 1.29 is 31.7 Å². The van der Waals surface area contributed by atoms with Crippen molar-refractivity contribution in [1.29, 1.82) is 0 Å². The summed E-state index contributed by atoms with van der Waals surface area (Å²) in [5.74, 6) is 0. The highest BCUT2D eigenvalue weighted by molar-refractivity contribution is 7.80. The first-order valence-electron chi connectivity index (χ1n) is 1.01. The normalized spacial score (nSPS) is 9.50. The molecule has 0 spiro atoms. The van der Waals surface area contributed by atoms with Crippen molar-refractivity contribution in [2.24, 2.45) is 0 Å². The second-order valence-corrected chi connectivity index (χ2v) is 1.47. The maximum atomic E-state index is 10.2. The fraction of sp³-hybridized carbons (Fsp3) is 0. The Bertz CT molecular complexity index is 112. The van der Waals surface area contributed by atoms with Crippen LogP contribution in [0.2, 0.25) is 0 Å². The van der Waals surface area contributed by atoms with Gasteiger partial charge in [0.1, 0.15) is 0 Å². The molecule has 0 amide bonds. The third-order valence-electron chi connectivity index (χ3n) is 0.0796. The zero-order valence-corrected chi connectivity index (χ0v) is 4.10. The minimum atomic E-state index is -4.83. The predicted octanol–water partition coefficient (Wildman–Crippen LogP) is -0.446. The van der Waals surface area contributed by atoms with Crippen molar-refractivity contribution in [1.82, 2.24) is 0 Å². The summed E-state index contributed by atoms with van der Waals surface area (Å²) >= 11 is 0. The lowest BCUT2D eigenvalue weighted by atomic mass is 15.6. The van der Waals surface area contributed by atoms with Gasteiger partial charge < -0.3 is 0 Å². The molecule has 52 valence electrons. The van der Waals surface area contributed by atoms with Gasteiger partial charge in [-0.25, -0.2) is 5.31 Å². The van der Waals surface area contributed by atoms with Gasteiger partial charge in [-0.2, -0.15) is 8.42 Å². The highest BCUT2D eigenvalue weighted by Gasteiger charge is 1.99. The van der Waals surface area contributed by atoms with Crippen LogP contribution in [0.15, 0.2) is 0 Å². The van der Waals surface area contributed by atoms with E-state index in [0.717, 1.165) is 0 Å². The van der Waals surface area contributed by atoms with Crippen LogP contribution in [0.1, 0.15) is 0 Å². The first kappa shape index (κ1) is 10.6. The maximum Gasteiger partial charge on any atom is 0.428 e. The third kappa shape index (κ3) is 17.3. The van der Waals surface area contributed by atoms with Gasteiger partial charge in [-0.1, -0.05) is 4.53 Å². The lowest BCUT2D eigenvalue weighted by Crippen LogP contribution is -1.93. The number of hydrogen-bond donors (Lipinski definition) is 2. The molecule has 0 aromatic rings. The molecule has 8 heteroatoms. The molecule has 2 N–H and O–H groups in total. The highest BCUT2D eigenvalue weighted by Crippen LogP contribution is 1.81. The minimum absolute atomic E-state index is 1.97. The summed E-state index contributed by atoms with van der Waals surface area (Å²) in [6.07, 6.45) is 0. The second kappa shape index (κ2) is 4.84. The molecule has 0 unspecified atom stereocenters. The van der Waals surface area contributed by atoms with Gasteiger partial charge in [-0.05, 0) is 8.91 Å². The van der Waals surface area contributed by atoms with E-state index in [2.05, 4.69) is 0 Å². The zero-order valence-electron chi connectivity index (χ0n) is 3.28. The molecule has 0 saturated heterocycles. The van der Waals surface area contributed by atoms with Crippen LogP contribution >= 0.6 is 0 Å². The molecule has 5 nitrogen and oxygen atoms in total. The van der Waals surface area contributed by atoms with Crippen LogP contribution in [0.25, 0.3) is 0 Å². The van der Waals surface area contributed by atoms with E-state index in [9.17, 15) is 4.53 Å². The molecule has 0 bridgehead atoms. The molecule has 0 aromatic heterocycles. The molecule has 0 radical (unpaired) electrons. The molecular formula is H2F2O5S. The quantitative estimate of drug-likeness (QED) is 0.497. The summed E-state index contributed by atoms with van der Waals surface area (Å²) < 4.78 is 45.7. The van der Waals surface area contributed by atoms with Crippen molar-refractivity contribution in [3.63, 3.8) is 0 Å². The average molecular weight is 152 g/mol. The van der Waals surface area contributed by atoms with Crippen molar-refractivity contribution >= 4 is 10.4 Å². The zero-order chi connectivity index (χ0) is 7.21. The van der Waals surface area contributed by atoms with Gasteiger partial charge in [0, 0.05) is 0 Å². The Morgan fingerprint density at radius 1 is 1.38 bits per heavy atom. The Kier molecular flexibility index (Phi) is 6.43. The molecule has 8 heavy (non-hydrogen) atoms. The monoisotopic (exact) mass is 152 g/mol. The molecule has 0 heterocycles. The molecule has 0 saturated carbocycles. The van der Waals surface area contributed by atoms with Crippen LogP contribution in [0.4, 0.5) is 9.05 Å². The van der Waals surface area contributed by atoms with Gasteiger partial charge in [0.25, 0.3) is 0 Å². The Hall–Kier alpha value is -0.310. The van der Waals surface area contributed by atoms with E-state index in [1.54, 1.807) is 0 Å². The van der Waals surface area contributed by atoms with Crippen LogP contribution in [0, 0.1) is 0 Å². The van der Waals surface area contributed by atoms with Crippen molar-refractivity contribution in [3.05, 3.63) is 0 Å². The number of halogens is 2. The highest BCUT2D eigenvalue weighted by atomic mass is 32.3. The summed E-state index contributed by atoms with van der Waals surface area (Å²) in [4.78, 5) is 0. The fourth-order valence-corrected chi connectivity index (χ4v) is 0. The summed E-state index contributed by atoms with van der Waals surface area (Å²) in [6, 6.07) is 0. The van der Waals surface area contributed by atoms with E-state index in [1.165, 1.54) is 0 Å². The van der Waals surface area contributed by atoms with Gasteiger partial charge in [0.2, 0.25) is 0 Å². The molecule has 0 aliphatic rings. The van der Waals surface area contributed by atoms with Gasteiger partial charge in [-0.3, -0.25) is 4.55 Å². The molecule has 0 rings (SSSR count). The molecular weight excluding hydrogens is 150 g/mol. The summed E-state index contributed by atoms with van der Waals surface area (Å²) in [5.41, 5.74) is 0. The molecule has 0 aliphatic carbocycles. The van der Waals surface area contributed by atoms with Gasteiger partial charge in [0.15, 0.2) is 0 Å². The SMILES string of the molecule is O=S(=O)(O)OF.OF. The average Bonchev–Trinajstić information content (AvgIpc) is 1.71. The second-order valence-electron chi connectivity index (χ2n) is 0.491. The third-order valence-corrected chi connectivity index (χ3v) is 0.239.